The number of hydrogen-bond donors (Lipinski definition) is 3. The number of methoxy groups -OCH3 is 1. The van der Waals surface area contributed by atoms with E-state index in [1.807, 2.05) is 23.6 Å². The fraction of sp³-hybridized carbons (Fsp3) is 0.308. The maximum absolute atomic E-state index is 12.6. The zero-order valence-corrected chi connectivity index (χ0v) is 23.0. The topological polar surface area (TPSA) is 112 Å². The first kappa shape index (κ1) is 26.2. The molecule has 1 fully saturated rings. The molecule has 5 rings (SSSR count). The summed E-state index contributed by atoms with van der Waals surface area (Å²) in [4.78, 5) is 14.2. The summed E-state index contributed by atoms with van der Waals surface area (Å²) in [5, 5.41) is 8.53. The molecule has 10 nitrogen and oxygen atoms in total. The average Bonchev–Trinajstić information content (AvgIpc) is 3.41. The molecule has 0 atom stereocenters. The van der Waals surface area contributed by atoms with Crippen molar-refractivity contribution in [2.45, 2.75) is 4.90 Å². The van der Waals surface area contributed by atoms with Crippen molar-refractivity contribution < 1.29 is 13.2 Å². The molecule has 3 heterocycles. The summed E-state index contributed by atoms with van der Waals surface area (Å²) in [6, 6.07) is 16.5. The number of fused-ring (bicyclic) bond motifs is 1. The average molecular weight is 554 g/mol. The maximum Gasteiger partial charge on any atom is 0.240 e. The third kappa shape index (κ3) is 6.16. The number of aromatic nitrogens is 2. The van der Waals surface area contributed by atoms with Crippen LogP contribution in [0.5, 0.6) is 5.75 Å². The number of rotatable bonds is 10. The summed E-state index contributed by atoms with van der Waals surface area (Å²) in [7, 11) is 0.0618. The van der Waals surface area contributed by atoms with E-state index < -0.39 is 10.0 Å². The standard InChI is InChI=1S/C26H31N7O3S2/c1-32-14-16-33(17-15-32)20-5-3-19(4-6-20)29-26-30-23-11-18-37-24(23)25(31-26)27-12-13-28-38(34,35)22-9-7-21(36-2)8-10-22/h3-11,18,28H,12-17H2,1-2H3,(H2,27,29,30,31). The summed E-state index contributed by atoms with van der Waals surface area (Å²) in [6.45, 7) is 4.72. The van der Waals surface area contributed by atoms with Gasteiger partial charge in [0.2, 0.25) is 16.0 Å². The predicted molar refractivity (Wildman–Crippen MR) is 154 cm³/mol. The number of hydrogen-bond acceptors (Lipinski definition) is 10. The van der Waals surface area contributed by atoms with Crippen LogP contribution in [-0.4, -0.2) is 76.7 Å². The number of anilines is 4. The molecule has 3 N–H and O–H groups in total. The summed E-state index contributed by atoms with van der Waals surface area (Å²) < 4.78 is 33.8. The third-order valence-electron chi connectivity index (χ3n) is 6.37. The van der Waals surface area contributed by atoms with Crippen molar-refractivity contribution >= 4 is 54.7 Å². The number of nitrogens with one attached hydrogen (secondary N) is 3. The first-order chi connectivity index (χ1) is 18.4. The SMILES string of the molecule is COc1ccc(S(=O)(=O)NCCNc2nc(Nc3ccc(N4CCN(C)CC4)cc3)nc3ccsc23)cc1. The van der Waals surface area contributed by atoms with Crippen molar-refractivity contribution in [3.63, 3.8) is 0 Å². The lowest BCUT2D eigenvalue weighted by Gasteiger charge is -2.34. The van der Waals surface area contributed by atoms with Crippen LogP contribution in [0.25, 0.3) is 10.2 Å². The van der Waals surface area contributed by atoms with Crippen LogP contribution in [0.15, 0.2) is 64.9 Å². The Morgan fingerprint density at radius 3 is 2.39 bits per heavy atom. The molecular weight excluding hydrogens is 522 g/mol. The molecule has 200 valence electrons. The van der Waals surface area contributed by atoms with Crippen LogP contribution < -0.4 is 25.0 Å². The van der Waals surface area contributed by atoms with Gasteiger partial charge in [-0.1, -0.05) is 0 Å². The van der Waals surface area contributed by atoms with Gasteiger partial charge in [0.1, 0.15) is 11.6 Å². The van der Waals surface area contributed by atoms with E-state index in [2.05, 4.69) is 54.3 Å². The summed E-state index contributed by atoms with van der Waals surface area (Å²) in [6.07, 6.45) is 0. The molecule has 0 radical (unpaired) electrons. The molecule has 1 saturated heterocycles. The first-order valence-corrected chi connectivity index (χ1v) is 14.7. The Kier molecular flexibility index (Phi) is 7.93. The van der Waals surface area contributed by atoms with E-state index in [1.54, 1.807) is 12.1 Å². The van der Waals surface area contributed by atoms with E-state index >= 15 is 0 Å². The van der Waals surface area contributed by atoms with Gasteiger partial charge in [0.05, 0.1) is 22.2 Å². The summed E-state index contributed by atoms with van der Waals surface area (Å²) in [5.41, 5.74) is 2.93. The van der Waals surface area contributed by atoms with Crippen molar-refractivity contribution in [2.75, 3.05) is 69.0 Å². The largest absolute Gasteiger partial charge is 0.497 e. The van der Waals surface area contributed by atoms with E-state index in [0.717, 1.165) is 42.1 Å². The molecule has 0 saturated carbocycles. The Bertz CT molecular complexity index is 1470. The molecule has 12 heteroatoms. The highest BCUT2D eigenvalue weighted by atomic mass is 32.2. The molecule has 0 spiro atoms. The number of thiophene rings is 1. The second-order valence-electron chi connectivity index (χ2n) is 8.99. The van der Waals surface area contributed by atoms with Gasteiger partial charge in [-0.2, -0.15) is 4.98 Å². The second kappa shape index (κ2) is 11.5. The molecule has 1 aliphatic rings. The van der Waals surface area contributed by atoms with E-state index in [4.69, 9.17) is 4.74 Å². The van der Waals surface area contributed by atoms with Crippen LogP contribution in [0.1, 0.15) is 0 Å². The maximum atomic E-state index is 12.6. The molecule has 2 aromatic heterocycles. The number of ether oxygens (including phenoxy) is 1. The molecule has 0 unspecified atom stereocenters. The van der Waals surface area contributed by atoms with Crippen LogP contribution in [0.3, 0.4) is 0 Å². The highest BCUT2D eigenvalue weighted by Crippen LogP contribution is 2.29. The molecule has 2 aromatic carbocycles. The number of benzene rings is 2. The van der Waals surface area contributed by atoms with E-state index in [1.165, 1.54) is 36.3 Å². The third-order valence-corrected chi connectivity index (χ3v) is 8.76. The summed E-state index contributed by atoms with van der Waals surface area (Å²) in [5.74, 6) is 1.74. The highest BCUT2D eigenvalue weighted by molar-refractivity contribution is 7.89. The number of likely N-dealkylation sites (N-methyl/N-ethyl adjacent to an activating group) is 1. The number of piperazine rings is 1. The molecule has 0 amide bonds. The van der Waals surface area contributed by atoms with Crippen molar-refractivity contribution in [1.29, 1.82) is 0 Å². The fourth-order valence-electron chi connectivity index (χ4n) is 4.19. The zero-order valence-electron chi connectivity index (χ0n) is 21.3. The van der Waals surface area contributed by atoms with E-state index in [9.17, 15) is 8.42 Å². The van der Waals surface area contributed by atoms with Crippen molar-refractivity contribution in [2.24, 2.45) is 0 Å². The predicted octanol–water partition coefficient (Wildman–Crippen LogP) is 3.59. The van der Waals surface area contributed by atoms with Crippen LogP contribution in [0.4, 0.5) is 23.1 Å². The number of nitrogens with zero attached hydrogens (tertiary/aromatic N) is 4. The Balaban J connectivity index is 1.21. The Labute approximate surface area is 226 Å². The minimum Gasteiger partial charge on any atom is -0.497 e. The minimum absolute atomic E-state index is 0.186. The lowest BCUT2D eigenvalue weighted by atomic mass is 10.2. The first-order valence-electron chi connectivity index (χ1n) is 12.3. The van der Waals surface area contributed by atoms with Crippen LogP contribution >= 0.6 is 11.3 Å². The van der Waals surface area contributed by atoms with E-state index in [-0.39, 0.29) is 11.4 Å². The van der Waals surface area contributed by atoms with E-state index in [0.29, 0.717) is 24.1 Å². The zero-order chi connectivity index (χ0) is 26.5. The highest BCUT2D eigenvalue weighted by Gasteiger charge is 2.16. The van der Waals surface area contributed by atoms with Gasteiger partial charge >= 0.3 is 0 Å². The monoisotopic (exact) mass is 553 g/mol. The molecule has 0 aliphatic carbocycles. The van der Waals surface area contributed by atoms with Crippen LogP contribution in [0.2, 0.25) is 0 Å². The lowest BCUT2D eigenvalue weighted by molar-refractivity contribution is 0.313. The molecular formula is C26H31N7O3S2. The van der Waals surface area contributed by atoms with Gasteiger partial charge in [0, 0.05) is 50.6 Å². The van der Waals surface area contributed by atoms with Gasteiger partial charge in [0.15, 0.2) is 0 Å². The second-order valence-corrected chi connectivity index (χ2v) is 11.7. The lowest BCUT2D eigenvalue weighted by Crippen LogP contribution is -2.44. The van der Waals surface area contributed by atoms with Gasteiger partial charge in [-0.3, -0.25) is 0 Å². The van der Waals surface area contributed by atoms with Crippen LogP contribution in [-0.2, 0) is 10.0 Å². The van der Waals surface area contributed by atoms with Crippen molar-refractivity contribution in [3.05, 3.63) is 60.0 Å². The fourth-order valence-corrected chi connectivity index (χ4v) is 6.02. The smallest absolute Gasteiger partial charge is 0.240 e. The molecule has 1 aliphatic heterocycles. The van der Waals surface area contributed by atoms with Crippen molar-refractivity contribution in [3.8, 4) is 5.75 Å². The number of sulfonamides is 1. The van der Waals surface area contributed by atoms with Gasteiger partial charge in [-0.25, -0.2) is 18.1 Å². The molecule has 0 bridgehead atoms. The Morgan fingerprint density at radius 1 is 0.947 bits per heavy atom. The Hall–Kier alpha value is -3.45. The van der Waals surface area contributed by atoms with Crippen molar-refractivity contribution in [1.82, 2.24) is 19.6 Å². The van der Waals surface area contributed by atoms with Gasteiger partial charge in [-0.15, -0.1) is 11.3 Å². The normalized spacial score (nSPS) is 14.5. The van der Waals surface area contributed by atoms with Gasteiger partial charge in [0.25, 0.3) is 0 Å². The van der Waals surface area contributed by atoms with Gasteiger partial charge in [-0.05, 0) is 67.0 Å². The van der Waals surface area contributed by atoms with Gasteiger partial charge < -0.3 is 25.2 Å². The Morgan fingerprint density at radius 2 is 1.68 bits per heavy atom. The van der Waals surface area contributed by atoms with Crippen LogP contribution in [0, 0.1) is 0 Å². The minimum atomic E-state index is -3.63. The molecule has 4 aromatic rings. The summed E-state index contributed by atoms with van der Waals surface area (Å²) >= 11 is 1.54. The molecule has 38 heavy (non-hydrogen) atoms. The quantitative estimate of drug-likeness (QED) is 0.254.